The van der Waals surface area contributed by atoms with Crippen molar-refractivity contribution in [3.05, 3.63) is 24.3 Å². The molecule has 366 valence electrons. The molecule has 9 unspecified atom stereocenters. The van der Waals surface area contributed by atoms with Gasteiger partial charge in [-0.25, -0.2) is 0 Å². The predicted molar refractivity (Wildman–Crippen MR) is 252 cm³/mol. The lowest BCUT2D eigenvalue weighted by Crippen LogP contribution is -2.60. The van der Waals surface area contributed by atoms with Gasteiger partial charge in [0.25, 0.3) is 0 Å². The highest BCUT2D eigenvalue weighted by molar-refractivity contribution is 5.80. The number of ether oxygens (including phenoxy) is 2. The van der Waals surface area contributed by atoms with Gasteiger partial charge in [0.05, 0.1) is 25.4 Å². The number of carbonyl (C=O) groups excluding carboxylic acids is 1. The van der Waals surface area contributed by atoms with E-state index in [1.165, 1.54) is 141 Å². The molecule has 9 atom stereocenters. The Bertz CT molecular complexity index is 1060. The molecule has 1 aliphatic heterocycles. The molecule has 8 N–H and O–H groups in total. The van der Waals surface area contributed by atoms with Gasteiger partial charge < -0.3 is 50.5 Å². The summed E-state index contributed by atoms with van der Waals surface area (Å²) in [5, 5.41) is 75.3. The van der Waals surface area contributed by atoms with Crippen LogP contribution in [0.3, 0.4) is 0 Å². The van der Waals surface area contributed by atoms with Crippen molar-refractivity contribution in [2.24, 2.45) is 0 Å². The predicted octanol–water partition coefficient (Wildman–Crippen LogP) is 9.40. The number of carbonyl (C=O) groups is 1. The quantitative estimate of drug-likeness (QED) is 0.0216. The Morgan fingerprint density at radius 2 is 0.968 bits per heavy atom. The molecule has 1 amide bonds. The van der Waals surface area contributed by atoms with Crippen molar-refractivity contribution in [1.82, 2.24) is 5.32 Å². The first-order chi connectivity index (χ1) is 30.2. The van der Waals surface area contributed by atoms with Crippen molar-refractivity contribution in [3.8, 4) is 0 Å². The molecule has 0 aromatic carbocycles. The third-order valence-corrected chi connectivity index (χ3v) is 12.5. The number of aliphatic hydroxyl groups is 7. The van der Waals surface area contributed by atoms with Gasteiger partial charge >= 0.3 is 0 Å². The molecule has 0 bridgehead atoms. The monoisotopic (exact) mass is 884 g/mol. The van der Waals surface area contributed by atoms with Crippen molar-refractivity contribution >= 4 is 5.91 Å². The molecule has 0 aromatic heterocycles. The van der Waals surface area contributed by atoms with Crippen LogP contribution in [0.25, 0.3) is 0 Å². The highest BCUT2D eigenvalue weighted by Crippen LogP contribution is 2.23. The van der Waals surface area contributed by atoms with E-state index in [1.807, 2.05) is 0 Å². The van der Waals surface area contributed by atoms with Crippen LogP contribution in [0.4, 0.5) is 0 Å². The minimum Gasteiger partial charge on any atom is -0.394 e. The summed E-state index contributed by atoms with van der Waals surface area (Å²) in [5.41, 5.74) is 0. The maximum atomic E-state index is 13.1. The summed E-state index contributed by atoms with van der Waals surface area (Å²) in [5.74, 6) is -0.709. The van der Waals surface area contributed by atoms with Crippen LogP contribution in [0.1, 0.15) is 226 Å². The van der Waals surface area contributed by atoms with Gasteiger partial charge in [-0.05, 0) is 57.8 Å². The van der Waals surface area contributed by atoms with E-state index < -0.39 is 74.2 Å². The maximum Gasteiger partial charge on any atom is 0.249 e. The Kier molecular flexibility index (Phi) is 38.8. The number of hydrogen-bond acceptors (Lipinski definition) is 10. The summed E-state index contributed by atoms with van der Waals surface area (Å²) in [6.07, 6.45) is 35.8. The Balaban J connectivity index is 2.20. The fourth-order valence-corrected chi connectivity index (χ4v) is 8.19. The van der Waals surface area contributed by atoms with Gasteiger partial charge in [0.15, 0.2) is 6.29 Å². The first kappa shape index (κ1) is 58.6. The zero-order valence-electron chi connectivity index (χ0n) is 39.6. The number of unbranched alkanes of at least 4 members (excludes halogenated alkanes) is 27. The average Bonchev–Trinajstić information content (AvgIpc) is 3.27. The fourth-order valence-electron chi connectivity index (χ4n) is 8.19. The molecular weight excluding hydrogens is 787 g/mol. The summed E-state index contributed by atoms with van der Waals surface area (Å²) < 4.78 is 11.0. The van der Waals surface area contributed by atoms with Gasteiger partial charge in [0.1, 0.15) is 36.6 Å². The van der Waals surface area contributed by atoms with Crippen molar-refractivity contribution in [3.63, 3.8) is 0 Å². The van der Waals surface area contributed by atoms with Crippen LogP contribution in [-0.2, 0) is 14.3 Å². The lowest BCUT2D eigenvalue weighted by Gasteiger charge is -2.40. The first-order valence-corrected chi connectivity index (χ1v) is 25.7. The van der Waals surface area contributed by atoms with Crippen molar-refractivity contribution in [1.29, 1.82) is 0 Å². The standard InChI is InChI=1S/C51H97NO10/c1-3-5-7-9-11-12-13-14-15-16-17-18-19-20-21-22-23-24-25-26-27-28-29-30-31-33-35-37-39-44(55)50(60)52-42(46(56)43(54)38-36-34-32-10-8-6-4-2)41-61-51-49(59)48(58)47(57)45(40-53)62-51/h10,20-21,32,42-49,51,53-59H,3-9,11-19,22-31,33-41H2,1-2H3,(H,52,60)/b21-20-,32-10+. The lowest BCUT2D eigenvalue weighted by molar-refractivity contribution is -0.303. The van der Waals surface area contributed by atoms with Crippen LogP contribution in [0.2, 0.25) is 0 Å². The summed E-state index contributed by atoms with van der Waals surface area (Å²) in [6.45, 7) is 3.34. The molecule has 1 saturated heterocycles. The number of amides is 1. The van der Waals surface area contributed by atoms with Gasteiger partial charge in [0, 0.05) is 0 Å². The van der Waals surface area contributed by atoms with E-state index in [9.17, 15) is 40.5 Å². The molecule has 0 radical (unpaired) electrons. The van der Waals surface area contributed by atoms with Crippen LogP contribution in [0.5, 0.6) is 0 Å². The molecule has 62 heavy (non-hydrogen) atoms. The van der Waals surface area contributed by atoms with E-state index in [4.69, 9.17) is 9.47 Å². The van der Waals surface area contributed by atoms with Crippen LogP contribution in [0, 0.1) is 0 Å². The number of allylic oxidation sites excluding steroid dienone is 4. The van der Waals surface area contributed by atoms with Gasteiger partial charge in [-0.2, -0.15) is 0 Å². The highest BCUT2D eigenvalue weighted by atomic mass is 16.7. The second kappa shape index (κ2) is 41.1. The molecular formula is C51H97NO10. The third kappa shape index (κ3) is 29.9. The van der Waals surface area contributed by atoms with Crippen molar-refractivity contribution in [2.75, 3.05) is 13.2 Å². The van der Waals surface area contributed by atoms with E-state index >= 15 is 0 Å². The minimum atomic E-state index is -1.66. The molecule has 0 aromatic rings. The summed E-state index contributed by atoms with van der Waals surface area (Å²) in [7, 11) is 0. The van der Waals surface area contributed by atoms with Crippen LogP contribution >= 0.6 is 0 Å². The van der Waals surface area contributed by atoms with E-state index in [-0.39, 0.29) is 12.8 Å². The molecule has 11 heteroatoms. The van der Waals surface area contributed by atoms with Crippen molar-refractivity contribution in [2.45, 2.75) is 281 Å². The third-order valence-electron chi connectivity index (χ3n) is 12.5. The molecule has 1 fully saturated rings. The zero-order chi connectivity index (χ0) is 45.5. The van der Waals surface area contributed by atoms with E-state index in [2.05, 4.69) is 43.5 Å². The van der Waals surface area contributed by atoms with Gasteiger partial charge in [-0.3, -0.25) is 4.79 Å². The van der Waals surface area contributed by atoms with Gasteiger partial charge in [0.2, 0.25) is 5.91 Å². The fraction of sp³-hybridized carbons (Fsp3) is 0.902. The Hall–Kier alpha value is -1.41. The van der Waals surface area contributed by atoms with Crippen LogP contribution in [-0.4, -0.2) is 110 Å². The molecule has 11 nitrogen and oxygen atoms in total. The second-order valence-corrected chi connectivity index (χ2v) is 18.2. The largest absolute Gasteiger partial charge is 0.394 e. The number of nitrogens with one attached hydrogen (secondary N) is 1. The van der Waals surface area contributed by atoms with E-state index in [0.29, 0.717) is 12.8 Å². The van der Waals surface area contributed by atoms with Crippen molar-refractivity contribution < 1.29 is 50.0 Å². The lowest BCUT2D eigenvalue weighted by atomic mass is 9.98. The number of hydrogen-bond donors (Lipinski definition) is 8. The SMILES string of the molecule is CCCC/C=C/CCCC(O)C(O)C(COC1OC(CO)C(O)C(O)C1O)NC(=O)C(O)CCCCCCCCCCCCCC/C=C\CCCCCCCCCCCCCC. The van der Waals surface area contributed by atoms with Crippen LogP contribution < -0.4 is 5.32 Å². The Morgan fingerprint density at radius 3 is 1.44 bits per heavy atom. The van der Waals surface area contributed by atoms with E-state index in [0.717, 1.165) is 44.9 Å². The molecule has 0 saturated carbocycles. The maximum absolute atomic E-state index is 13.1. The number of aliphatic hydroxyl groups excluding tert-OH is 7. The van der Waals surface area contributed by atoms with Crippen LogP contribution in [0.15, 0.2) is 24.3 Å². The first-order valence-electron chi connectivity index (χ1n) is 25.7. The summed E-state index contributed by atoms with van der Waals surface area (Å²) in [6, 6.07) is -1.18. The molecule has 0 aliphatic carbocycles. The molecule has 1 aliphatic rings. The minimum absolute atomic E-state index is 0.254. The molecule has 1 rings (SSSR count). The zero-order valence-corrected chi connectivity index (χ0v) is 39.6. The molecule has 0 spiro atoms. The number of rotatable bonds is 43. The summed E-state index contributed by atoms with van der Waals surface area (Å²) >= 11 is 0. The Labute approximate surface area is 378 Å². The topological polar surface area (TPSA) is 189 Å². The van der Waals surface area contributed by atoms with Gasteiger partial charge in [-0.1, -0.05) is 192 Å². The summed E-state index contributed by atoms with van der Waals surface area (Å²) in [4.78, 5) is 13.1. The smallest absolute Gasteiger partial charge is 0.249 e. The average molecular weight is 884 g/mol. The highest BCUT2D eigenvalue weighted by Gasteiger charge is 2.44. The Morgan fingerprint density at radius 1 is 0.548 bits per heavy atom. The second-order valence-electron chi connectivity index (χ2n) is 18.2. The van der Waals surface area contributed by atoms with Gasteiger partial charge in [-0.15, -0.1) is 0 Å². The normalized spacial score (nSPS) is 21.5. The molecule has 1 heterocycles. The van der Waals surface area contributed by atoms with E-state index in [1.54, 1.807) is 0 Å².